The lowest BCUT2D eigenvalue weighted by Gasteiger charge is -2.29. The molecule has 2 heteroatoms. The summed E-state index contributed by atoms with van der Waals surface area (Å²) in [6.45, 7) is 4.08. The van der Waals surface area contributed by atoms with Gasteiger partial charge in [0.05, 0.1) is 5.70 Å². The van der Waals surface area contributed by atoms with Gasteiger partial charge in [-0.05, 0) is 104 Å². The van der Waals surface area contributed by atoms with Crippen LogP contribution in [0.4, 0.5) is 17.1 Å². The Kier molecular flexibility index (Phi) is 11.6. The molecule has 0 saturated heterocycles. The first-order valence-electron chi connectivity index (χ1n) is 16.2. The van der Waals surface area contributed by atoms with Gasteiger partial charge in [0.15, 0.2) is 0 Å². The molecule has 230 valence electrons. The van der Waals surface area contributed by atoms with Crippen molar-refractivity contribution in [2.75, 3.05) is 16.8 Å². The van der Waals surface area contributed by atoms with Crippen LogP contribution in [0.15, 0.2) is 181 Å². The highest BCUT2D eigenvalue weighted by molar-refractivity contribution is 5.90. The van der Waals surface area contributed by atoms with Gasteiger partial charge >= 0.3 is 0 Å². The van der Waals surface area contributed by atoms with Gasteiger partial charge in [0, 0.05) is 35.9 Å². The van der Waals surface area contributed by atoms with E-state index in [1.54, 1.807) is 0 Å². The molecule has 0 heterocycles. The Morgan fingerprint density at radius 1 is 0.717 bits per heavy atom. The summed E-state index contributed by atoms with van der Waals surface area (Å²) >= 11 is 0. The zero-order chi connectivity index (χ0) is 32.0. The molecule has 0 bridgehead atoms. The summed E-state index contributed by atoms with van der Waals surface area (Å²) in [6, 6.07) is 26.3. The van der Waals surface area contributed by atoms with Crippen molar-refractivity contribution in [1.29, 1.82) is 0 Å². The summed E-state index contributed by atoms with van der Waals surface area (Å²) in [7, 11) is 2.11. The molecule has 46 heavy (non-hydrogen) atoms. The van der Waals surface area contributed by atoms with Gasteiger partial charge in [0.1, 0.15) is 0 Å². The molecule has 0 saturated carbocycles. The molecule has 0 amide bonds. The Morgan fingerprint density at radius 2 is 1.50 bits per heavy atom. The Balaban J connectivity index is 1.48. The summed E-state index contributed by atoms with van der Waals surface area (Å²) in [6.07, 6.45) is 39.5. The van der Waals surface area contributed by atoms with Crippen LogP contribution in [0.25, 0.3) is 11.8 Å². The van der Waals surface area contributed by atoms with Crippen molar-refractivity contribution in [2.45, 2.75) is 33.1 Å². The summed E-state index contributed by atoms with van der Waals surface area (Å²) in [5.41, 5.74) is 10.9. The van der Waals surface area contributed by atoms with Crippen molar-refractivity contribution in [3.8, 4) is 0 Å². The van der Waals surface area contributed by atoms with Gasteiger partial charge in [-0.3, -0.25) is 0 Å². The maximum Gasteiger partial charge on any atom is 0.0536 e. The van der Waals surface area contributed by atoms with E-state index in [9.17, 15) is 0 Å². The molecule has 5 rings (SSSR count). The van der Waals surface area contributed by atoms with Crippen LogP contribution in [-0.2, 0) is 6.42 Å². The first-order chi connectivity index (χ1) is 22.7. The minimum absolute atomic E-state index is 0.916. The fraction of sp³-hybridized carbons (Fsp3) is 0.136. The van der Waals surface area contributed by atoms with Crippen molar-refractivity contribution in [3.05, 3.63) is 198 Å². The second kappa shape index (κ2) is 16.7. The number of fused-ring (bicyclic) bond motifs is 1. The molecule has 2 aliphatic carbocycles. The summed E-state index contributed by atoms with van der Waals surface area (Å²) in [5.74, 6) is 0. The summed E-state index contributed by atoms with van der Waals surface area (Å²) in [4.78, 5) is 4.56. The van der Waals surface area contributed by atoms with Gasteiger partial charge in [0.2, 0.25) is 0 Å². The van der Waals surface area contributed by atoms with Crippen LogP contribution in [0.1, 0.15) is 43.4 Å². The zero-order valence-corrected chi connectivity index (χ0v) is 27.3. The molecular formula is C44H44N2. The predicted octanol–water partition coefficient (Wildman–Crippen LogP) is 11.9. The number of allylic oxidation sites excluding steroid dienone is 17. The van der Waals surface area contributed by atoms with E-state index in [1.807, 2.05) is 25.2 Å². The number of hydrogen-bond donors (Lipinski definition) is 0. The number of benzene rings is 3. The van der Waals surface area contributed by atoms with Crippen LogP contribution < -0.4 is 9.80 Å². The monoisotopic (exact) mass is 600 g/mol. The molecule has 0 unspecified atom stereocenters. The van der Waals surface area contributed by atoms with Crippen LogP contribution in [0.5, 0.6) is 0 Å². The Morgan fingerprint density at radius 3 is 2.30 bits per heavy atom. The van der Waals surface area contributed by atoms with E-state index >= 15 is 0 Å². The Hall–Kier alpha value is -5.34. The van der Waals surface area contributed by atoms with Crippen LogP contribution in [0, 0.1) is 0 Å². The van der Waals surface area contributed by atoms with Gasteiger partial charge in [-0.25, -0.2) is 0 Å². The second-order valence-electron chi connectivity index (χ2n) is 11.3. The first kappa shape index (κ1) is 32.1. The third-order valence-electron chi connectivity index (χ3n) is 8.05. The van der Waals surface area contributed by atoms with Crippen molar-refractivity contribution in [3.63, 3.8) is 0 Å². The zero-order valence-electron chi connectivity index (χ0n) is 27.3. The maximum atomic E-state index is 2.38. The highest BCUT2D eigenvalue weighted by atomic mass is 15.2. The minimum atomic E-state index is 0.916. The third-order valence-corrected chi connectivity index (χ3v) is 8.05. The first-order valence-corrected chi connectivity index (χ1v) is 16.2. The van der Waals surface area contributed by atoms with E-state index in [2.05, 4.69) is 182 Å². The van der Waals surface area contributed by atoms with Gasteiger partial charge in [-0.1, -0.05) is 121 Å². The molecule has 0 fully saturated rings. The van der Waals surface area contributed by atoms with Crippen molar-refractivity contribution in [2.24, 2.45) is 0 Å². The molecule has 0 aromatic heterocycles. The molecular weight excluding hydrogens is 556 g/mol. The lowest BCUT2D eigenvalue weighted by molar-refractivity contribution is 0.977. The van der Waals surface area contributed by atoms with E-state index < -0.39 is 0 Å². The van der Waals surface area contributed by atoms with E-state index in [0.29, 0.717) is 0 Å². The smallest absolute Gasteiger partial charge is 0.0536 e. The van der Waals surface area contributed by atoms with E-state index in [-0.39, 0.29) is 0 Å². The Labute approximate surface area is 276 Å². The third kappa shape index (κ3) is 8.43. The van der Waals surface area contributed by atoms with Crippen LogP contribution >= 0.6 is 0 Å². The number of hydrogen-bond acceptors (Lipinski definition) is 2. The van der Waals surface area contributed by atoms with Gasteiger partial charge < -0.3 is 9.80 Å². The van der Waals surface area contributed by atoms with Crippen molar-refractivity contribution in [1.82, 2.24) is 0 Å². The predicted molar refractivity (Wildman–Crippen MR) is 202 cm³/mol. The standard InChI is InChI=1S/C44H44N2/c1-4-6-8-9-11-19-36-20-18-26-42(35-36)46(44-28-17-15-25-39-24-14-16-27-43(39)44)41-31-29-40(30-32-41)45(3)34-33-38(21-7-5-2)37-22-12-10-13-23-37/h4-12,14-22,24,26-35H,13,23,25H2,1-3H3/b6-4-,7-5-,9-8-,19-11+,34-33+,38-21+. The van der Waals surface area contributed by atoms with E-state index in [4.69, 9.17) is 0 Å². The molecule has 0 atom stereocenters. The quantitative estimate of drug-likeness (QED) is 0.202. The summed E-state index contributed by atoms with van der Waals surface area (Å²) < 4.78 is 0. The lowest BCUT2D eigenvalue weighted by atomic mass is 9.96. The number of rotatable bonds is 11. The average Bonchev–Trinajstić information content (AvgIpc) is 3.32. The molecule has 0 radical (unpaired) electrons. The highest BCUT2D eigenvalue weighted by Gasteiger charge is 2.20. The maximum absolute atomic E-state index is 2.38. The van der Waals surface area contributed by atoms with Gasteiger partial charge in [-0.2, -0.15) is 0 Å². The lowest BCUT2D eigenvalue weighted by Crippen LogP contribution is -2.17. The molecule has 0 spiro atoms. The topological polar surface area (TPSA) is 6.48 Å². The van der Waals surface area contributed by atoms with Crippen LogP contribution in [0.2, 0.25) is 0 Å². The number of anilines is 3. The molecule has 3 aromatic rings. The van der Waals surface area contributed by atoms with Crippen molar-refractivity contribution >= 4 is 28.8 Å². The van der Waals surface area contributed by atoms with Crippen LogP contribution in [0.3, 0.4) is 0 Å². The average molecular weight is 601 g/mol. The fourth-order valence-corrected chi connectivity index (χ4v) is 5.62. The van der Waals surface area contributed by atoms with Gasteiger partial charge in [0.25, 0.3) is 0 Å². The van der Waals surface area contributed by atoms with E-state index in [1.165, 1.54) is 22.3 Å². The second-order valence-corrected chi connectivity index (χ2v) is 11.3. The van der Waals surface area contributed by atoms with Crippen molar-refractivity contribution < 1.29 is 0 Å². The largest absolute Gasteiger partial charge is 0.351 e. The highest BCUT2D eigenvalue weighted by Crippen LogP contribution is 2.38. The molecule has 0 N–H and O–H groups in total. The van der Waals surface area contributed by atoms with Crippen LogP contribution in [-0.4, -0.2) is 7.05 Å². The SMILES string of the molecule is C\C=C/C=C\C=C\c1cccc(N(C2=CC=CCc3ccccc32)c2ccc(N(C)/C=C/C(=C\C=C/C)C3=CC=CCC3)cc2)c1. The molecule has 3 aromatic carbocycles. The Bertz CT molecular complexity index is 1780. The molecule has 2 aliphatic rings. The van der Waals surface area contributed by atoms with E-state index in [0.717, 1.165) is 47.6 Å². The fourth-order valence-electron chi connectivity index (χ4n) is 5.62. The minimum Gasteiger partial charge on any atom is -0.351 e. The van der Waals surface area contributed by atoms with Gasteiger partial charge in [-0.15, -0.1) is 0 Å². The molecule has 2 nitrogen and oxygen atoms in total. The normalized spacial score (nSPS) is 15.2. The molecule has 0 aliphatic heterocycles. The number of nitrogens with zero attached hydrogens (tertiary/aromatic N) is 2. The summed E-state index contributed by atoms with van der Waals surface area (Å²) in [5, 5.41) is 0.